The Bertz CT molecular complexity index is 1080. The molecule has 0 saturated carbocycles. The van der Waals surface area contributed by atoms with E-state index in [1.54, 1.807) is 54.1 Å². The van der Waals surface area contributed by atoms with Crippen LogP contribution >= 0.6 is 0 Å². The Morgan fingerprint density at radius 2 is 1.85 bits per heavy atom. The molecule has 0 aliphatic carbocycles. The van der Waals surface area contributed by atoms with Crippen molar-refractivity contribution < 1.29 is 14.3 Å². The number of anilines is 1. The number of ketones is 1. The third-order valence-electron chi connectivity index (χ3n) is 4.16. The summed E-state index contributed by atoms with van der Waals surface area (Å²) in [6, 6.07) is 11.7. The number of pyridine rings is 1. The van der Waals surface area contributed by atoms with E-state index in [4.69, 9.17) is 4.74 Å². The van der Waals surface area contributed by atoms with Gasteiger partial charge in [-0.2, -0.15) is 0 Å². The van der Waals surface area contributed by atoms with E-state index in [0.717, 1.165) is 0 Å². The third-order valence-corrected chi connectivity index (χ3v) is 4.16. The molecule has 0 saturated heterocycles. The first kappa shape index (κ1) is 17.4. The molecular weight excluding hydrogens is 332 g/mol. The van der Waals surface area contributed by atoms with Gasteiger partial charge in [-0.25, -0.2) is 0 Å². The monoisotopic (exact) mass is 350 g/mol. The number of amides is 1. The molecule has 0 bridgehead atoms. The molecule has 3 aromatic rings. The third kappa shape index (κ3) is 3.09. The lowest BCUT2D eigenvalue weighted by molar-refractivity contribution is 0.101. The molecule has 0 aliphatic heterocycles. The van der Waals surface area contributed by atoms with Gasteiger partial charge in [-0.3, -0.25) is 14.4 Å². The fourth-order valence-corrected chi connectivity index (χ4v) is 2.87. The fraction of sp³-hybridized carbons (Fsp3) is 0.150. The highest BCUT2D eigenvalue weighted by Gasteiger charge is 2.17. The zero-order valence-corrected chi connectivity index (χ0v) is 14.7. The lowest BCUT2D eigenvalue weighted by atomic mass is 10.1. The number of aromatic nitrogens is 1. The van der Waals surface area contributed by atoms with Gasteiger partial charge in [0.2, 0.25) is 5.43 Å². The lowest BCUT2D eigenvalue weighted by Crippen LogP contribution is -2.23. The van der Waals surface area contributed by atoms with Crippen molar-refractivity contribution in [3.8, 4) is 5.75 Å². The van der Waals surface area contributed by atoms with Crippen molar-refractivity contribution in [2.24, 2.45) is 7.05 Å². The molecule has 0 aliphatic rings. The number of nitrogens with one attached hydrogen (secondary N) is 1. The number of para-hydroxylation sites is 1. The van der Waals surface area contributed by atoms with E-state index in [9.17, 15) is 14.4 Å². The maximum Gasteiger partial charge on any atom is 0.261 e. The Morgan fingerprint density at radius 1 is 1.12 bits per heavy atom. The minimum absolute atomic E-state index is 0.0153. The van der Waals surface area contributed by atoms with Gasteiger partial charge in [0.1, 0.15) is 11.3 Å². The highest BCUT2D eigenvalue weighted by atomic mass is 16.5. The molecule has 3 rings (SSSR count). The van der Waals surface area contributed by atoms with Crippen LogP contribution in [0.25, 0.3) is 10.9 Å². The largest absolute Gasteiger partial charge is 0.495 e. The highest BCUT2D eigenvalue weighted by molar-refractivity contribution is 6.06. The Hall–Kier alpha value is -3.41. The number of carbonyl (C=O) groups is 2. The van der Waals surface area contributed by atoms with Gasteiger partial charge in [0.05, 0.1) is 18.0 Å². The van der Waals surface area contributed by atoms with Crippen LogP contribution in [0.1, 0.15) is 27.6 Å². The van der Waals surface area contributed by atoms with Gasteiger partial charge in [0.15, 0.2) is 5.78 Å². The van der Waals surface area contributed by atoms with Crippen LogP contribution in [0.2, 0.25) is 0 Å². The maximum atomic E-state index is 12.8. The SMILES string of the molecule is COc1cccc2c(=O)c(C(=O)Nc3cccc(C(C)=O)c3)cn(C)c12. The second-order valence-corrected chi connectivity index (χ2v) is 5.93. The average Bonchev–Trinajstić information content (AvgIpc) is 2.64. The number of Topliss-reactive ketones (excluding diaryl/α,β-unsaturated/α-hetero) is 1. The van der Waals surface area contributed by atoms with Gasteiger partial charge in [-0.15, -0.1) is 0 Å². The zero-order valence-electron chi connectivity index (χ0n) is 14.7. The van der Waals surface area contributed by atoms with E-state index in [0.29, 0.717) is 27.9 Å². The van der Waals surface area contributed by atoms with Gasteiger partial charge in [0.25, 0.3) is 5.91 Å². The normalized spacial score (nSPS) is 10.6. The second kappa shape index (κ2) is 6.84. The van der Waals surface area contributed by atoms with Crippen molar-refractivity contribution in [3.63, 3.8) is 0 Å². The van der Waals surface area contributed by atoms with Crippen molar-refractivity contribution >= 4 is 28.3 Å². The van der Waals surface area contributed by atoms with Gasteiger partial charge in [0, 0.05) is 24.5 Å². The minimum Gasteiger partial charge on any atom is -0.495 e. The molecule has 0 unspecified atom stereocenters. The van der Waals surface area contributed by atoms with Gasteiger partial charge >= 0.3 is 0 Å². The summed E-state index contributed by atoms with van der Waals surface area (Å²) in [5.74, 6) is -0.0750. The van der Waals surface area contributed by atoms with Crippen molar-refractivity contribution in [3.05, 3.63) is 70.0 Å². The summed E-state index contributed by atoms with van der Waals surface area (Å²) >= 11 is 0. The number of methoxy groups -OCH3 is 1. The number of aryl methyl sites for hydroxylation is 1. The number of benzene rings is 2. The van der Waals surface area contributed by atoms with Crippen molar-refractivity contribution in [2.75, 3.05) is 12.4 Å². The quantitative estimate of drug-likeness (QED) is 0.734. The van der Waals surface area contributed by atoms with Crippen LogP contribution < -0.4 is 15.5 Å². The Kier molecular flexibility index (Phi) is 4.58. The van der Waals surface area contributed by atoms with Crippen LogP contribution in [-0.2, 0) is 7.05 Å². The van der Waals surface area contributed by atoms with Gasteiger partial charge in [-0.1, -0.05) is 18.2 Å². The molecule has 0 atom stereocenters. The van der Waals surface area contributed by atoms with E-state index in [2.05, 4.69) is 5.32 Å². The van der Waals surface area contributed by atoms with E-state index < -0.39 is 5.91 Å². The molecule has 1 N–H and O–H groups in total. The second-order valence-electron chi connectivity index (χ2n) is 5.93. The molecule has 0 spiro atoms. The minimum atomic E-state index is -0.531. The fourth-order valence-electron chi connectivity index (χ4n) is 2.87. The van der Waals surface area contributed by atoms with Gasteiger partial charge in [-0.05, 0) is 31.2 Å². The lowest BCUT2D eigenvalue weighted by Gasteiger charge is -2.12. The number of nitrogens with zero attached hydrogens (tertiary/aromatic N) is 1. The molecule has 1 heterocycles. The molecule has 1 aromatic heterocycles. The molecule has 6 heteroatoms. The number of rotatable bonds is 4. The predicted octanol–water partition coefficient (Wildman–Crippen LogP) is 3.00. The molecule has 0 radical (unpaired) electrons. The standard InChI is InChI=1S/C20H18N2O4/c1-12(23)13-6-4-7-14(10-13)21-20(25)16-11-22(2)18-15(19(16)24)8-5-9-17(18)26-3/h4-11H,1-3H3,(H,21,25). The summed E-state index contributed by atoms with van der Waals surface area (Å²) in [6.45, 7) is 1.45. The zero-order chi connectivity index (χ0) is 18.8. The molecule has 0 fully saturated rings. The molecule has 132 valence electrons. The molecule has 6 nitrogen and oxygen atoms in total. The number of hydrogen-bond donors (Lipinski definition) is 1. The van der Waals surface area contributed by atoms with E-state index in [-0.39, 0.29) is 16.8 Å². The Balaban J connectivity index is 2.04. The molecular formula is C20H18N2O4. The summed E-state index contributed by atoms with van der Waals surface area (Å²) in [7, 11) is 3.28. The number of fused-ring (bicyclic) bond motifs is 1. The summed E-state index contributed by atoms with van der Waals surface area (Å²) in [5, 5.41) is 3.08. The summed E-state index contributed by atoms with van der Waals surface area (Å²) in [6.07, 6.45) is 1.48. The van der Waals surface area contributed by atoms with Gasteiger partial charge < -0.3 is 14.6 Å². The molecule has 1 amide bonds. The molecule has 26 heavy (non-hydrogen) atoms. The van der Waals surface area contributed by atoms with E-state index >= 15 is 0 Å². The summed E-state index contributed by atoms with van der Waals surface area (Å²) in [5.41, 5.74) is 1.20. The number of hydrogen-bond acceptors (Lipinski definition) is 4. The van der Waals surface area contributed by atoms with Crippen LogP contribution in [0.3, 0.4) is 0 Å². The summed E-state index contributed by atoms with van der Waals surface area (Å²) < 4.78 is 6.99. The van der Waals surface area contributed by atoms with Crippen LogP contribution in [0.4, 0.5) is 5.69 Å². The smallest absolute Gasteiger partial charge is 0.261 e. The van der Waals surface area contributed by atoms with Crippen LogP contribution in [0.5, 0.6) is 5.75 Å². The first-order valence-corrected chi connectivity index (χ1v) is 8.01. The Labute approximate surface area is 150 Å². The first-order valence-electron chi connectivity index (χ1n) is 8.01. The molecule has 2 aromatic carbocycles. The van der Waals surface area contributed by atoms with Crippen molar-refractivity contribution in [1.82, 2.24) is 4.57 Å². The first-order chi connectivity index (χ1) is 12.4. The average molecular weight is 350 g/mol. The highest BCUT2D eigenvalue weighted by Crippen LogP contribution is 2.23. The maximum absolute atomic E-state index is 12.8. The van der Waals surface area contributed by atoms with E-state index in [1.165, 1.54) is 20.2 Å². The van der Waals surface area contributed by atoms with Crippen LogP contribution in [0, 0.1) is 0 Å². The summed E-state index contributed by atoms with van der Waals surface area (Å²) in [4.78, 5) is 36.9. The van der Waals surface area contributed by atoms with E-state index in [1.807, 2.05) is 0 Å². The van der Waals surface area contributed by atoms with Crippen molar-refractivity contribution in [1.29, 1.82) is 0 Å². The van der Waals surface area contributed by atoms with Crippen molar-refractivity contribution in [2.45, 2.75) is 6.92 Å². The number of carbonyl (C=O) groups excluding carboxylic acids is 2. The van der Waals surface area contributed by atoms with Crippen LogP contribution in [0.15, 0.2) is 53.5 Å². The van der Waals surface area contributed by atoms with Crippen LogP contribution in [-0.4, -0.2) is 23.4 Å². The number of ether oxygens (including phenoxy) is 1. The topological polar surface area (TPSA) is 77.4 Å². The predicted molar refractivity (Wildman–Crippen MR) is 100 cm³/mol. The Morgan fingerprint density at radius 3 is 2.54 bits per heavy atom.